The van der Waals surface area contributed by atoms with Gasteiger partial charge in [0.05, 0.1) is 5.69 Å². The Morgan fingerprint density at radius 1 is 1.00 bits per heavy atom. The van der Waals surface area contributed by atoms with E-state index < -0.39 is 0 Å². The number of amides is 1. The van der Waals surface area contributed by atoms with Crippen molar-refractivity contribution >= 4 is 11.6 Å². The summed E-state index contributed by atoms with van der Waals surface area (Å²) in [6.07, 6.45) is 3.52. The molecule has 0 unspecified atom stereocenters. The highest BCUT2D eigenvalue weighted by Crippen LogP contribution is 2.27. The summed E-state index contributed by atoms with van der Waals surface area (Å²) in [4.78, 5) is 12.5. The summed E-state index contributed by atoms with van der Waals surface area (Å²) >= 11 is 0. The molecule has 6 heteroatoms. The van der Waals surface area contributed by atoms with Crippen molar-refractivity contribution in [2.45, 2.75) is 39.0 Å². The van der Waals surface area contributed by atoms with Crippen molar-refractivity contribution in [1.82, 2.24) is 25.1 Å². The van der Waals surface area contributed by atoms with E-state index in [2.05, 4.69) is 69.1 Å². The molecule has 0 atom stereocenters. The molecule has 0 aliphatic carbocycles. The van der Waals surface area contributed by atoms with Gasteiger partial charge in [0.15, 0.2) is 5.65 Å². The van der Waals surface area contributed by atoms with Gasteiger partial charge in [0.1, 0.15) is 6.33 Å². The van der Waals surface area contributed by atoms with Crippen molar-refractivity contribution in [2.24, 2.45) is 0 Å². The number of hydrogen-bond acceptors (Lipinski definition) is 4. The minimum absolute atomic E-state index is 0.0556. The lowest BCUT2D eigenvalue weighted by atomic mass is 9.88. The van der Waals surface area contributed by atoms with Gasteiger partial charge >= 0.3 is 0 Å². The Balaban J connectivity index is 1.36. The van der Waals surface area contributed by atoms with Gasteiger partial charge in [-0.05, 0) is 43.4 Å². The van der Waals surface area contributed by atoms with Crippen LogP contribution in [0.15, 0.2) is 67.0 Å². The smallest absolute Gasteiger partial charge is 0.220 e. The van der Waals surface area contributed by atoms with Gasteiger partial charge in [-0.3, -0.25) is 4.79 Å². The second kappa shape index (κ2) is 9.51. The highest BCUT2D eigenvalue weighted by molar-refractivity contribution is 5.76. The van der Waals surface area contributed by atoms with E-state index in [-0.39, 0.29) is 11.8 Å². The van der Waals surface area contributed by atoms with Gasteiger partial charge in [0.2, 0.25) is 5.91 Å². The van der Waals surface area contributed by atoms with E-state index in [1.165, 1.54) is 11.1 Å². The number of aromatic nitrogens is 4. The third-order valence-corrected chi connectivity index (χ3v) is 5.77. The highest BCUT2D eigenvalue weighted by Gasteiger charge is 2.15. The number of hydrogen-bond donors (Lipinski definition) is 1. The van der Waals surface area contributed by atoms with E-state index in [0.717, 1.165) is 28.9 Å². The number of aryl methyl sites for hydroxylation is 2. The maximum absolute atomic E-state index is 12.5. The molecule has 2 aromatic carbocycles. The molecule has 0 saturated heterocycles. The van der Waals surface area contributed by atoms with Crippen LogP contribution in [0.25, 0.3) is 5.65 Å². The molecule has 158 valence electrons. The first-order valence-corrected chi connectivity index (χ1v) is 10.7. The Hall–Kier alpha value is -3.54. The summed E-state index contributed by atoms with van der Waals surface area (Å²) in [6.45, 7) is 4.60. The van der Waals surface area contributed by atoms with Gasteiger partial charge in [-0.25, -0.2) is 4.52 Å². The van der Waals surface area contributed by atoms with Crippen molar-refractivity contribution in [3.63, 3.8) is 0 Å². The molecule has 0 spiro atoms. The number of fused-ring (bicyclic) bond motifs is 1. The molecule has 1 amide bonds. The minimum atomic E-state index is 0.0556. The van der Waals surface area contributed by atoms with Crippen molar-refractivity contribution < 1.29 is 4.79 Å². The molecule has 2 aromatic heterocycles. The second-order valence-corrected chi connectivity index (χ2v) is 7.80. The average molecular weight is 414 g/mol. The minimum Gasteiger partial charge on any atom is -0.356 e. The Labute approximate surface area is 182 Å². The van der Waals surface area contributed by atoms with Crippen LogP contribution < -0.4 is 5.32 Å². The average Bonchev–Trinajstić information content (AvgIpc) is 3.26. The molecule has 0 aliphatic heterocycles. The molecular weight excluding hydrogens is 386 g/mol. The fourth-order valence-corrected chi connectivity index (χ4v) is 4.13. The van der Waals surface area contributed by atoms with Gasteiger partial charge in [0, 0.05) is 24.4 Å². The summed E-state index contributed by atoms with van der Waals surface area (Å²) in [5.74, 6) is 0.312. The van der Waals surface area contributed by atoms with Crippen molar-refractivity contribution in [1.29, 1.82) is 0 Å². The standard InChI is InChI=1S/C25H27N5O/c1-18-22(19(2)29-30-17-27-28-25(18)30)13-14-24(31)26-16-15-23(20-9-5-3-6-10-20)21-11-7-4-8-12-21/h3-12,17,23H,13-16H2,1-2H3,(H,26,31). The second-order valence-electron chi connectivity index (χ2n) is 7.80. The molecule has 31 heavy (non-hydrogen) atoms. The Kier molecular flexibility index (Phi) is 6.36. The quantitative estimate of drug-likeness (QED) is 0.474. The predicted octanol–water partition coefficient (Wildman–Crippen LogP) is 4.01. The van der Waals surface area contributed by atoms with Crippen LogP contribution >= 0.6 is 0 Å². The van der Waals surface area contributed by atoms with Gasteiger partial charge < -0.3 is 5.32 Å². The van der Waals surface area contributed by atoms with Crippen molar-refractivity contribution in [3.8, 4) is 0 Å². The highest BCUT2D eigenvalue weighted by atomic mass is 16.1. The SMILES string of the molecule is Cc1nn2cnnc2c(C)c1CCC(=O)NCCC(c1ccccc1)c1ccccc1. The van der Waals surface area contributed by atoms with Crippen LogP contribution in [0.1, 0.15) is 46.7 Å². The fourth-order valence-electron chi connectivity index (χ4n) is 4.13. The van der Waals surface area contributed by atoms with Crippen LogP contribution in [0.3, 0.4) is 0 Å². The molecule has 0 radical (unpaired) electrons. The van der Waals surface area contributed by atoms with E-state index in [1.54, 1.807) is 10.8 Å². The van der Waals surface area contributed by atoms with Gasteiger partial charge in [0.25, 0.3) is 0 Å². The Morgan fingerprint density at radius 2 is 1.65 bits per heavy atom. The molecule has 6 nitrogen and oxygen atoms in total. The number of benzene rings is 2. The van der Waals surface area contributed by atoms with Crippen LogP contribution in [0.4, 0.5) is 0 Å². The first-order chi connectivity index (χ1) is 15.1. The molecule has 2 heterocycles. The summed E-state index contributed by atoms with van der Waals surface area (Å²) in [6, 6.07) is 20.9. The van der Waals surface area contributed by atoms with E-state index in [1.807, 2.05) is 26.0 Å². The molecule has 0 fully saturated rings. The topological polar surface area (TPSA) is 72.2 Å². The Bertz CT molecular complexity index is 1120. The molecule has 0 saturated carbocycles. The van der Waals surface area contributed by atoms with Crippen LogP contribution in [0, 0.1) is 13.8 Å². The summed E-state index contributed by atoms with van der Waals surface area (Å²) in [5, 5.41) is 15.6. The number of rotatable bonds is 8. The lowest BCUT2D eigenvalue weighted by Gasteiger charge is -2.18. The predicted molar refractivity (Wildman–Crippen MR) is 121 cm³/mol. The van der Waals surface area contributed by atoms with Gasteiger partial charge in [-0.1, -0.05) is 60.7 Å². The lowest BCUT2D eigenvalue weighted by Crippen LogP contribution is -2.26. The van der Waals surface area contributed by atoms with Crippen molar-refractivity contribution in [2.75, 3.05) is 6.54 Å². The van der Waals surface area contributed by atoms with Gasteiger partial charge in [-0.15, -0.1) is 10.2 Å². The lowest BCUT2D eigenvalue weighted by molar-refractivity contribution is -0.121. The third-order valence-electron chi connectivity index (χ3n) is 5.77. The zero-order chi connectivity index (χ0) is 21.6. The maximum Gasteiger partial charge on any atom is 0.220 e. The number of nitrogens with one attached hydrogen (secondary N) is 1. The number of carbonyl (C=O) groups is 1. The first kappa shape index (κ1) is 20.7. The van der Waals surface area contributed by atoms with Crippen LogP contribution in [0.2, 0.25) is 0 Å². The van der Waals surface area contributed by atoms with Crippen LogP contribution in [0.5, 0.6) is 0 Å². The van der Waals surface area contributed by atoms with Crippen LogP contribution in [-0.2, 0) is 11.2 Å². The summed E-state index contributed by atoms with van der Waals surface area (Å²) in [5.41, 5.74) is 6.29. The number of nitrogens with zero attached hydrogens (tertiary/aromatic N) is 4. The van der Waals surface area contributed by atoms with Crippen molar-refractivity contribution in [3.05, 3.63) is 94.9 Å². The Morgan fingerprint density at radius 3 is 2.29 bits per heavy atom. The molecule has 0 aliphatic rings. The summed E-state index contributed by atoms with van der Waals surface area (Å²) in [7, 11) is 0. The largest absolute Gasteiger partial charge is 0.356 e. The zero-order valence-electron chi connectivity index (χ0n) is 18.0. The van der Waals surface area contributed by atoms with E-state index in [0.29, 0.717) is 19.4 Å². The summed E-state index contributed by atoms with van der Waals surface area (Å²) < 4.78 is 1.68. The molecule has 4 rings (SSSR count). The monoisotopic (exact) mass is 413 g/mol. The molecule has 4 aromatic rings. The fraction of sp³-hybridized carbons (Fsp3) is 0.280. The molecule has 1 N–H and O–H groups in total. The van der Waals surface area contributed by atoms with Crippen LogP contribution in [-0.4, -0.2) is 32.3 Å². The number of carbonyl (C=O) groups excluding carboxylic acids is 1. The van der Waals surface area contributed by atoms with E-state index in [9.17, 15) is 4.79 Å². The molecular formula is C25H27N5O. The normalized spacial score (nSPS) is 11.2. The van der Waals surface area contributed by atoms with Gasteiger partial charge in [-0.2, -0.15) is 5.10 Å². The zero-order valence-corrected chi connectivity index (χ0v) is 18.0. The van der Waals surface area contributed by atoms with E-state index >= 15 is 0 Å². The van der Waals surface area contributed by atoms with E-state index in [4.69, 9.17) is 0 Å². The molecule has 0 bridgehead atoms. The third kappa shape index (κ3) is 4.79. The first-order valence-electron chi connectivity index (χ1n) is 10.7. The maximum atomic E-state index is 12.5.